The van der Waals surface area contributed by atoms with Crippen LogP contribution >= 0.6 is 11.3 Å². The molecule has 4 rings (SSSR count). The van der Waals surface area contributed by atoms with Gasteiger partial charge in [0.25, 0.3) is 5.78 Å². The topological polar surface area (TPSA) is 63.7 Å². The molecule has 4 heterocycles. The van der Waals surface area contributed by atoms with Crippen molar-refractivity contribution >= 4 is 33.1 Å². The predicted molar refractivity (Wildman–Crippen MR) is 105 cm³/mol. The van der Waals surface area contributed by atoms with Crippen molar-refractivity contribution in [3.8, 4) is 0 Å². The molecule has 3 aromatic rings. The van der Waals surface area contributed by atoms with Gasteiger partial charge in [-0.25, -0.2) is 0 Å². The average Bonchev–Trinajstić information content (AvgIpc) is 3.26. The molecule has 1 N–H and O–H groups in total. The molecule has 8 heteroatoms. The number of nitrogens with zero attached hydrogens (tertiary/aromatic N) is 6. The quantitative estimate of drug-likeness (QED) is 0.682. The normalized spacial score (nSPS) is 17.1. The second kappa shape index (κ2) is 7.44. The number of nitrogens with one attached hydrogen (secondary N) is 1. The summed E-state index contributed by atoms with van der Waals surface area (Å²) in [4.78, 5) is 11.6. The number of fused-ring (bicyclic) bond motifs is 5. The Labute approximate surface area is 158 Å². The van der Waals surface area contributed by atoms with Gasteiger partial charge in [0, 0.05) is 19.5 Å². The molecule has 1 unspecified atom stereocenters. The molecule has 26 heavy (non-hydrogen) atoms. The molecule has 1 aliphatic heterocycles. The Kier molecular flexibility index (Phi) is 5.04. The maximum atomic E-state index is 4.88. The molecular weight excluding hydrogens is 346 g/mol. The molecule has 0 amide bonds. The summed E-state index contributed by atoms with van der Waals surface area (Å²) in [5, 5.41) is 13.5. The Morgan fingerprint density at radius 1 is 1.23 bits per heavy atom. The fourth-order valence-electron chi connectivity index (χ4n) is 3.99. The smallest absolute Gasteiger partial charge is 0.276 e. The van der Waals surface area contributed by atoms with Gasteiger partial charge in [-0.15, -0.1) is 11.3 Å². The lowest BCUT2D eigenvalue weighted by Gasteiger charge is -2.25. The summed E-state index contributed by atoms with van der Waals surface area (Å²) in [5.74, 6) is 1.69. The molecule has 7 nitrogen and oxygen atoms in total. The van der Waals surface area contributed by atoms with E-state index in [9.17, 15) is 0 Å². The van der Waals surface area contributed by atoms with Crippen LogP contribution in [0.2, 0.25) is 0 Å². The molecule has 1 aliphatic rings. The summed E-state index contributed by atoms with van der Waals surface area (Å²) < 4.78 is 1.83. The molecular formula is C18H28N7S+. The van der Waals surface area contributed by atoms with E-state index >= 15 is 0 Å². The average molecular weight is 375 g/mol. The van der Waals surface area contributed by atoms with Crippen LogP contribution < -0.4 is 9.80 Å². The van der Waals surface area contributed by atoms with Crippen LogP contribution in [-0.2, 0) is 13.0 Å². The van der Waals surface area contributed by atoms with Crippen LogP contribution in [0.25, 0.3) is 16.0 Å². The minimum Gasteiger partial charge on any atom is -0.356 e. The number of anilines is 1. The van der Waals surface area contributed by atoms with Crippen LogP contribution in [0.1, 0.15) is 50.5 Å². The van der Waals surface area contributed by atoms with E-state index in [0.717, 1.165) is 36.7 Å². The molecule has 0 spiro atoms. The zero-order valence-electron chi connectivity index (χ0n) is 16.0. The SMILES string of the molecule is CCCCN(CC)c1nc2nnnn2c2sc3c(c12)CC[NH+](CCC)C3. The molecule has 140 valence electrons. The molecule has 3 aromatic heterocycles. The van der Waals surface area contributed by atoms with Gasteiger partial charge >= 0.3 is 0 Å². The van der Waals surface area contributed by atoms with Gasteiger partial charge in [-0.2, -0.15) is 9.50 Å². The van der Waals surface area contributed by atoms with E-state index < -0.39 is 0 Å². The Morgan fingerprint density at radius 3 is 2.88 bits per heavy atom. The minimum atomic E-state index is 0.610. The highest BCUT2D eigenvalue weighted by Gasteiger charge is 2.28. The van der Waals surface area contributed by atoms with Crippen molar-refractivity contribution in [2.24, 2.45) is 0 Å². The third-order valence-electron chi connectivity index (χ3n) is 5.35. The van der Waals surface area contributed by atoms with Gasteiger partial charge in [0.1, 0.15) is 17.2 Å². The van der Waals surface area contributed by atoms with E-state index in [0.29, 0.717) is 5.78 Å². The number of hydrogen-bond acceptors (Lipinski definition) is 6. The highest BCUT2D eigenvalue weighted by molar-refractivity contribution is 7.19. The third kappa shape index (κ3) is 2.95. The first-order valence-electron chi connectivity index (χ1n) is 9.87. The summed E-state index contributed by atoms with van der Waals surface area (Å²) in [7, 11) is 0. The predicted octanol–water partition coefficient (Wildman–Crippen LogP) is 1.71. The Balaban J connectivity index is 1.87. The summed E-state index contributed by atoms with van der Waals surface area (Å²) in [6.45, 7) is 12.3. The van der Waals surface area contributed by atoms with Gasteiger partial charge in [0.05, 0.1) is 23.4 Å². The lowest BCUT2D eigenvalue weighted by atomic mass is 10.0. The fourth-order valence-corrected chi connectivity index (χ4v) is 5.35. The van der Waals surface area contributed by atoms with Gasteiger partial charge < -0.3 is 9.80 Å². The van der Waals surface area contributed by atoms with Crippen molar-refractivity contribution < 1.29 is 4.90 Å². The Bertz CT molecular complexity index is 900. The number of unbranched alkanes of at least 4 members (excludes halogenated alkanes) is 1. The lowest BCUT2D eigenvalue weighted by Crippen LogP contribution is -3.11. The zero-order chi connectivity index (χ0) is 18.1. The zero-order valence-corrected chi connectivity index (χ0v) is 16.8. The van der Waals surface area contributed by atoms with Crippen molar-refractivity contribution in [2.75, 3.05) is 31.1 Å². The Hall–Kier alpha value is -1.80. The van der Waals surface area contributed by atoms with Crippen molar-refractivity contribution in [3.05, 3.63) is 10.4 Å². The van der Waals surface area contributed by atoms with Crippen LogP contribution in [0.4, 0.5) is 5.82 Å². The van der Waals surface area contributed by atoms with Crippen LogP contribution in [-0.4, -0.2) is 51.2 Å². The monoisotopic (exact) mass is 374 g/mol. The number of thiophene rings is 1. The molecule has 0 saturated heterocycles. The van der Waals surface area contributed by atoms with E-state index in [2.05, 4.69) is 41.2 Å². The van der Waals surface area contributed by atoms with E-state index in [1.165, 1.54) is 48.2 Å². The minimum absolute atomic E-state index is 0.610. The van der Waals surface area contributed by atoms with Gasteiger partial charge in [-0.05, 0) is 35.8 Å². The molecule has 1 atom stereocenters. The van der Waals surface area contributed by atoms with E-state index in [-0.39, 0.29) is 0 Å². The Morgan fingerprint density at radius 2 is 2.12 bits per heavy atom. The molecule has 0 fully saturated rings. The van der Waals surface area contributed by atoms with Crippen LogP contribution in [0.5, 0.6) is 0 Å². The van der Waals surface area contributed by atoms with Gasteiger partial charge in [-0.3, -0.25) is 0 Å². The lowest BCUT2D eigenvalue weighted by molar-refractivity contribution is -0.915. The molecule has 0 saturated carbocycles. The first kappa shape index (κ1) is 17.6. The fraction of sp³-hybridized carbons (Fsp3) is 0.667. The highest BCUT2D eigenvalue weighted by atomic mass is 32.1. The van der Waals surface area contributed by atoms with Gasteiger partial charge in [-0.1, -0.05) is 25.4 Å². The van der Waals surface area contributed by atoms with Gasteiger partial charge in [0.15, 0.2) is 0 Å². The first-order valence-corrected chi connectivity index (χ1v) is 10.7. The maximum absolute atomic E-state index is 4.88. The van der Waals surface area contributed by atoms with E-state index in [4.69, 9.17) is 4.98 Å². The van der Waals surface area contributed by atoms with Gasteiger partial charge in [0.2, 0.25) is 0 Å². The van der Waals surface area contributed by atoms with E-state index in [1.807, 2.05) is 15.9 Å². The van der Waals surface area contributed by atoms with Crippen LogP contribution in [0.3, 0.4) is 0 Å². The second-order valence-electron chi connectivity index (χ2n) is 7.12. The van der Waals surface area contributed by atoms with Crippen molar-refractivity contribution in [3.63, 3.8) is 0 Å². The number of tetrazole rings is 1. The number of rotatable bonds is 7. The second-order valence-corrected chi connectivity index (χ2v) is 8.20. The third-order valence-corrected chi connectivity index (χ3v) is 6.56. The molecule has 0 radical (unpaired) electrons. The summed E-state index contributed by atoms with van der Waals surface area (Å²) >= 11 is 1.86. The molecule has 0 bridgehead atoms. The summed E-state index contributed by atoms with van der Waals surface area (Å²) in [5.41, 5.74) is 1.49. The number of hydrogen-bond donors (Lipinski definition) is 1. The largest absolute Gasteiger partial charge is 0.356 e. The number of aromatic nitrogens is 5. The molecule has 0 aliphatic carbocycles. The van der Waals surface area contributed by atoms with Crippen molar-refractivity contribution in [1.82, 2.24) is 25.0 Å². The molecule has 0 aromatic carbocycles. The summed E-state index contributed by atoms with van der Waals surface area (Å²) in [6.07, 6.45) is 4.72. The van der Waals surface area contributed by atoms with Crippen molar-refractivity contribution in [1.29, 1.82) is 0 Å². The van der Waals surface area contributed by atoms with Crippen LogP contribution in [0.15, 0.2) is 0 Å². The highest BCUT2D eigenvalue weighted by Crippen LogP contribution is 2.37. The summed E-state index contributed by atoms with van der Waals surface area (Å²) in [6, 6.07) is 0. The first-order chi connectivity index (χ1) is 12.8. The number of quaternary nitrogens is 1. The maximum Gasteiger partial charge on any atom is 0.276 e. The van der Waals surface area contributed by atoms with E-state index in [1.54, 1.807) is 4.90 Å². The standard InChI is InChI=1S/C18H27N7S/c1-4-7-10-24(6-3)16-15-13-8-11-23(9-5-2)12-14(13)26-17(15)25-18(19-16)20-21-22-25/h4-12H2,1-3H3/p+1. The van der Waals surface area contributed by atoms with Crippen molar-refractivity contribution in [2.45, 2.75) is 53.0 Å². The van der Waals surface area contributed by atoms with Crippen LogP contribution in [0, 0.1) is 0 Å².